The third kappa shape index (κ3) is 6.07. The molecule has 0 radical (unpaired) electrons. The molecular formula is C23H39N3O2. The molecule has 0 aromatic carbocycles. The SMILES string of the molecule is CC(C(=O)NCCC1=CCCCC1)N1CCC(C(=O)N2CCCCCC2)CC1. The Labute approximate surface area is 170 Å². The molecule has 0 aromatic rings. The van der Waals surface area contributed by atoms with Crippen LogP contribution in [0.4, 0.5) is 0 Å². The molecule has 0 aromatic heterocycles. The quantitative estimate of drug-likeness (QED) is 0.708. The first-order valence-electron chi connectivity index (χ1n) is 11.6. The van der Waals surface area contributed by atoms with Gasteiger partial charge in [0.05, 0.1) is 6.04 Å². The van der Waals surface area contributed by atoms with E-state index in [0.717, 1.165) is 64.8 Å². The maximum atomic E-state index is 12.8. The molecule has 5 nitrogen and oxygen atoms in total. The molecule has 0 spiro atoms. The lowest BCUT2D eigenvalue weighted by Gasteiger charge is -2.36. The van der Waals surface area contributed by atoms with E-state index < -0.39 is 0 Å². The summed E-state index contributed by atoms with van der Waals surface area (Å²) in [5, 5.41) is 3.12. The summed E-state index contributed by atoms with van der Waals surface area (Å²) in [6.07, 6.45) is 14.9. The predicted octanol–water partition coefficient (Wildman–Crippen LogP) is 3.50. The number of likely N-dealkylation sites (tertiary alicyclic amines) is 2. The molecule has 5 heteroatoms. The highest BCUT2D eigenvalue weighted by atomic mass is 16.2. The zero-order chi connectivity index (χ0) is 19.8. The number of allylic oxidation sites excluding steroid dienone is 1. The van der Waals surface area contributed by atoms with Crippen molar-refractivity contribution in [2.75, 3.05) is 32.7 Å². The second kappa shape index (κ2) is 11.0. The second-order valence-electron chi connectivity index (χ2n) is 8.87. The molecule has 2 saturated heterocycles. The van der Waals surface area contributed by atoms with Gasteiger partial charge in [0.1, 0.15) is 0 Å². The molecular weight excluding hydrogens is 350 g/mol. The largest absolute Gasteiger partial charge is 0.354 e. The summed E-state index contributed by atoms with van der Waals surface area (Å²) in [6, 6.07) is -0.102. The van der Waals surface area contributed by atoms with Gasteiger partial charge in [0.15, 0.2) is 0 Å². The summed E-state index contributed by atoms with van der Waals surface area (Å²) in [6.45, 7) is 6.33. The van der Waals surface area contributed by atoms with E-state index in [1.54, 1.807) is 0 Å². The highest BCUT2D eigenvalue weighted by Gasteiger charge is 2.31. The van der Waals surface area contributed by atoms with Gasteiger partial charge < -0.3 is 10.2 Å². The van der Waals surface area contributed by atoms with Gasteiger partial charge in [0.25, 0.3) is 0 Å². The van der Waals surface area contributed by atoms with Crippen molar-refractivity contribution >= 4 is 11.8 Å². The van der Waals surface area contributed by atoms with E-state index in [1.165, 1.54) is 44.1 Å². The van der Waals surface area contributed by atoms with Crippen molar-refractivity contribution in [3.05, 3.63) is 11.6 Å². The van der Waals surface area contributed by atoms with Gasteiger partial charge in [-0.15, -0.1) is 0 Å². The van der Waals surface area contributed by atoms with Crippen LogP contribution in [0.1, 0.15) is 77.6 Å². The van der Waals surface area contributed by atoms with Crippen LogP contribution in [0.2, 0.25) is 0 Å². The minimum Gasteiger partial charge on any atom is -0.354 e. The number of nitrogens with zero attached hydrogens (tertiary/aromatic N) is 2. The van der Waals surface area contributed by atoms with E-state index in [2.05, 4.69) is 21.2 Å². The van der Waals surface area contributed by atoms with Crippen molar-refractivity contribution in [3.63, 3.8) is 0 Å². The standard InChI is InChI=1S/C23H39N3O2/c1-19(22(27)24-14-11-20-9-5-4-6-10-20)25-17-12-21(13-18-25)23(28)26-15-7-2-3-8-16-26/h9,19,21H,2-8,10-18H2,1H3,(H,24,27). The normalized spacial score (nSPS) is 23.6. The minimum atomic E-state index is -0.102. The van der Waals surface area contributed by atoms with Crippen LogP contribution in [-0.2, 0) is 9.59 Å². The summed E-state index contributed by atoms with van der Waals surface area (Å²) >= 11 is 0. The first-order chi connectivity index (χ1) is 13.6. The van der Waals surface area contributed by atoms with Crippen LogP contribution in [0, 0.1) is 5.92 Å². The smallest absolute Gasteiger partial charge is 0.237 e. The first kappa shape index (κ1) is 21.4. The Morgan fingerprint density at radius 1 is 1.04 bits per heavy atom. The molecule has 1 atom stereocenters. The van der Waals surface area contributed by atoms with Crippen molar-refractivity contribution in [3.8, 4) is 0 Å². The van der Waals surface area contributed by atoms with Gasteiger partial charge in [-0.25, -0.2) is 0 Å². The molecule has 158 valence electrons. The lowest BCUT2D eigenvalue weighted by molar-refractivity contribution is -0.137. The average Bonchev–Trinajstić information content (AvgIpc) is 3.03. The second-order valence-corrected chi connectivity index (χ2v) is 8.87. The summed E-state index contributed by atoms with van der Waals surface area (Å²) in [4.78, 5) is 29.7. The van der Waals surface area contributed by atoms with E-state index in [1.807, 2.05) is 6.92 Å². The number of piperidine rings is 1. The van der Waals surface area contributed by atoms with Crippen LogP contribution >= 0.6 is 0 Å². The Balaban J connectivity index is 1.37. The van der Waals surface area contributed by atoms with E-state index >= 15 is 0 Å². The number of carbonyl (C=O) groups is 2. The molecule has 2 amide bonds. The number of nitrogens with one attached hydrogen (secondary N) is 1. The van der Waals surface area contributed by atoms with Crippen molar-refractivity contribution in [1.29, 1.82) is 0 Å². The molecule has 1 unspecified atom stereocenters. The highest BCUT2D eigenvalue weighted by Crippen LogP contribution is 2.23. The zero-order valence-corrected chi connectivity index (χ0v) is 17.8. The molecule has 28 heavy (non-hydrogen) atoms. The lowest BCUT2D eigenvalue weighted by Crippen LogP contribution is -2.50. The topological polar surface area (TPSA) is 52.7 Å². The third-order valence-corrected chi connectivity index (χ3v) is 6.85. The molecule has 3 aliphatic rings. The Kier molecular flexibility index (Phi) is 8.38. The summed E-state index contributed by atoms with van der Waals surface area (Å²) in [5.41, 5.74) is 1.51. The van der Waals surface area contributed by atoms with Crippen LogP contribution in [-0.4, -0.2) is 60.4 Å². The van der Waals surface area contributed by atoms with Crippen LogP contribution in [0.5, 0.6) is 0 Å². The van der Waals surface area contributed by atoms with Crippen molar-refractivity contribution in [2.24, 2.45) is 5.92 Å². The Hall–Kier alpha value is -1.36. The summed E-state index contributed by atoms with van der Waals surface area (Å²) < 4.78 is 0. The van der Waals surface area contributed by atoms with E-state index in [4.69, 9.17) is 0 Å². The first-order valence-corrected chi connectivity index (χ1v) is 11.6. The van der Waals surface area contributed by atoms with Crippen LogP contribution in [0.3, 0.4) is 0 Å². The highest BCUT2D eigenvalue weighted by molar-refractivity contribution is 5.81. The van der Waals surface area contributed by atoms with Gasteiger partial charge in [-0.2, -0.15) is 0 Å². The molecule has 2 fully saturated rings. The van der Waals surface area contributed by atoms with Gasteiger partial charge >= 0.3 is 0 Å². The number of hydrogen-bond acceptors (Lipinski definition) is 3. The van der Waals surface area contributed by atoms with Gasteiger partial charge in [-0.1, -0.05) is 24.5 Å². The fourth-order valence-electron chi connectivity index (χ4n) is 4.87. The molecule has 3 rings (SSSR count). The Bertz CT molecular complexity index is 544. The molecule has 2 aliphatic heterocycles. The number of carbonyl (C=O) groups excluding carboxylic acids is 2. The number of hydrogen-bond donors (Lipinski definition) is 1. The van der Waals surface area contributed by atoms with Crippen molar-refractivity contribution in [2.45, 2.75) is 83.6 Å². The van der Waals surface area contributed by atoms with Crippen molar-refractivity contribution < 1.29 is 9.59 Å². The molecule has 0 bridgehead atoms. The number of amides is 2. The zero-order valence-electron chi connectivity index (χ0n) is 17.8. The minimum absolute atomic E-state index is 0.102. The van der Waals surface area contributed by atoms with Gasteiger partial charge in [0.2, 0.25) is 11.8 Å². The fourth-order valence-corrected chi connectivity index (χ4v) is 4.87. The van der Waals surface area contributed by atoms with Crippen LogP contribution in [0.25, 0.3) is 0 Å². The summed E-state index contributed by atoms with van der Waals surface area (Å²) in [5.74, 6) is 0.649. The van der Waals surface area contributed by atoms with Crippen LogP contribution < -0.4 is 5.32 Å². The molecule has 0 saturated carbocycles. The van der Waals surface area contributed by atoms with Crippen LogP contribution in [0.15, 0.2) is 11.6 Å². The summed E-state index contributed by atoms with van der Waals surface area (Å²) in [7, 11) is 0. The number of rotatable bonds is 6. The van der Waals surface area contributed by atoms with Gasteiger partial charge in [0, 0.05) is 25.6 Å². The van der Waals surface area contributed by atoms with E-state index in [9.17, 15) is 9.59 Å². The van der Waals surface area contributed by atoms with E-state index in [0.29, 0.717) is 5.91 Å². The molecule has 1 N–H and O–H groups in total. The Morgan fingerprint density at radius 3 is 2.39 bits per heavy atom. The van der Waals surface area contributed by atoms with Gasteiger partial charge in [-0.3, -0.25) is 14.5 Å². The predicted molar refractivity (Wildman–Crippen MR) is 113 cm³/mol. The molecule has 1 aliphatic carbocycles. The third-order valence-electron chi connectivity index (χ3n) is 6.85. The lowest BCUT2D eigenvalue weighted by atomic mass is 9.94. The van der Waals surface area contributed by atoms with Crippen molar-refractivity contribution in [1.82, 2.24) is 15.1 Å². The maximum Gasteiger partial charge on any atom is 0.237 e. The monoisotopic (exact) mass is 389 g/mol. The average molecular weight is 390 g/mol. The van der Waals surface area contributed by atoms with Gasteiger partial charge in [-0.05, 0) is 77.8 Å². The maximum absolute atomic E-state index is 12.8. The van der Waals surface area contributed by atoms with E-state index in [-0.39, 0.29) is 17.9 Å². The Morgan fingerprint density at radius 2 is 1.75 bits per heavy atom. The molecule has 2 heterocycles. The fraction of sp³-hybridized carbons (Fsp3) is 0.826.